The van der Waals surface area contributed by atoms with Gasteiger partial charge in [0, 0.05) is 19.8 Å². The molecule has 4 nitrogen and oxygen atoms in total. The number of nitrogens with one attached hydrogen (secondary N) is 2. The van der Waals surface area contributed by atoms with Crippen molar-refractivity contribution in [1.29, 1.82) is 0 Å². The van der Waals surface area contributed by atoms with Gasteiger partial charge in [-0.15, -0.1) is 0 Å². The van der Waals surface area contributed by atoms with Crippen molar-refractivity contribution in [3.63, 3.8) is 0 Å². The maximum atomic E-state index is 13.8. The second kappa shape index (κ2) is 5.33. The first-order valence-electron chi connectivity index (χ1n) is 6.24. The number of amides is 1. The SMILES string of the molecule is CNc1nccc(C(=O)NCC(C)C2CC2)c1F. The largest absolute Gasteiger partial charge is 0.371 e. The van der Waals surface area contributed by atoms with Crippen molar-refractivity contribution in [2.45, 2.75) is 19.8 Å². The summed E-state index contributed by atoms with van der Waals surface area (Å²) in [6.07, 6.45) is 3.91. The molecule has 1 unspecified atom stereocenters. The van der Waals surface area contributed by atoms with Gasteiger partial charge in [0.2, 0.25) is 0 Å². The van der Waals surface area contributed by atoms with E-state index >= 15 is 0 Å². The summed E-state index contributed by atoms with van der Waals surface area (Å²) >= 11 is 0. The lowest BCUT2D eigenvalue weighted by molar-refractivity contribution is 0.0942. The molecular weight excluding hydrogens is 233 g/mol. The van der Waals surface area contributed by atoms with E-state index in [4.69, 9.17) is 0 Å². The number of nitrogens with zero attached hydrogens (tertiary/aromatic N) is 1. The average molecular weight is 251 g/mol. The zero-order valence-electron chi connectivity index (χ0n) is 10.7. The highest BCUT2D eigenvalue weighted by Crippen LogP contribution is 2.36. The summed E-state index contributed by atoms with van der Waals surface area (Å²) in [7, 11) is 1.57. The number of anilines is 1. The molecule has 5 heteroatoms. The summed E-state index contributed by atoms with van der Waals surface area (Å²) in [5.41, 5.74) is 0.0392. The molecule has 18 heavy (non-hydrogen) atoms. The number of hydrogen-bond acceptors (Lipinski definition) is 3. The average Bonchev–Trinajstić information content (AvgIpc) is 3.20. The molecule has 1 aliphatic rings. The Kier molecular flexibility index (Phi) is 3.79. The van der Waals surface area contributed by atoms with Crippen LogP contribution in [0, 0.1) is 17.7 Å². The maximum absolute atomic E-state index is 13.8. The molecule has 1 atom stereocenters. The molecule has 1 heterocycles. The van der Waals surface area contributed by atoms with Gasteiger partial charge >= 0.3 is 0 Å². The van der Waals surface area contributed by atoms with Gasteiger partial charge < -0.3 is 10.6 Å². The van der Waals surface area contributed by atoms with Crippen molar-refractivity contribution in [3.05, 3.63) is 23.6 Å². The molecule has 0 saturated heterocycles. The van der Waals surface area contributed by atoms with E-state index in [9.17, 15) is 9.18 Å². The lowest BCUT2D eigenvalue weighted by Crippen LogP contribution is -2.29. The zero-order valence-corrected chi connectivity index (χ0v) is 10.7. The summed E-state index contributed by atoms with van der Waals surface area (Å²) in [6.45, 7) is 2.71. The number of halogens is 1. The predicted molar refractivity (Wildman–Crippen MR) is 68.0 cm³/mol. The van der Waals surface area contributed by atoms with Crippen molar-refractivity contribution < 1.29 is 9.18 Å². The smallest absolute Gasteiger partial charge is 0.254 e. The molecular formula is C13H18FN3O. The van der Waals surface area contributed by atoms with E-state index in [0.717, 1.165) is 5.92 Å². The first kappa shape index (κ1) is 12.8. The third-order valence-electron chi connectivity index (χ3n) is 3.38. The number of carbonyl (C=O) groups is 1. The normalized spacial score (nSPS) is 16.2. The second-order valence-corrected chi connectivity index (χ2v) is 4.80. The summed E-state index contributed by atoms with van der Waals surface area (Å²) in [4.78, 5) is 15.7. The first-order valence-corrected chi connectivity index (χ1v) is 6.24. The van der Waals surface area contributed by atoms with Crippen molar-refractivity contribution in [1.82, 2.24) is 10.3 Å². The van der Waals surface area contributed by atoms with E-state index in [0.29, 0.717) is 12.5 Å². The molecule has 0 aromatic carbocycles. The fourth-order valence-electron chi connectivity index (χ4n) is 1.97. The lowest BCUT2D eigenvalue weighted by Gasteiger charge is -2.12. The minimum absolute atomic E-state index is 0.0392. The Labute approximate surface area is 106 Å². The van der Waals surface area contributed by atoms with Gasteiger partial charge in [0.25, 0.3) is 5.91 Å². The van der Waals surface area contributed by atoms with Crippen LogP contribution < -0.4 is 10.6 Å². The molecule has 0 radical (unpaired) electrons. The van der Waals surface area contributed by atoms with Crippen LogP contribution in [-0.4, -0.2) is 24.5 Å². The van der Waals surface area contributed by atoms with Crippen LogP contribution in [0.3, 0.4) is 0 Å². The molecule has 1 amide bonds. The molecule has 2 N–H and O–H groups in total. The van der Waals surface area contributed by atoms with Crippen LogP contribution in [-0.2, 0) is 0 Å². The quantitative estimate of drug-likeness (QED) is 0.842. The van der Waals surface area contributed by atoms with Gasteiger partial charge in [-0.2, -0.15) is 0 Å². The Morgan fingerprint density at radius 1 is 1.61 bits per heavy atom. The van der Waals surface area contributed by atoms with E-state index in [1.165, 1.54) is 25.1 Å². The Morgan fingerprint density at radius 3 is 2.94 bits per heavy atom. The fraction of sp³-hybridized carbons (Fsp3) is 0.538. The van der Waals surface area contributed by atoms with Crippen molar-refractivity contribution in [2.24, 2.45) is 11.8 Å². The molecule has 0 spiro atoms. The van der Waals surface area contributed by atoms with E-state index < -0.39 is 5.82 Å². The van der Waals surface area contributed by atoms with Crippen LogP contribution in [0.15, 0.2) is 12.3 Å². The van der Waals surface area contributed by atoms with Gasteiger partial charge in [-0.1, -0.05) is 6.92 Å². The standard InChI is InChI=1S/C13H18FN3O/c1-8(9-3-4-9)7-17-13(18)10-5-6-16-12(15-2)11(10)14/h5-6,8-9H,3-4,7H2,1-2H3,(H,15,16)(H,17,18). The molecule has 1 aromatic heterocycles. The van der Waals surface area contributed by atoms with Crippen LogP contribution in [0.5, 0.6) is 0 Å². The van der Waals surface area contributed by atoms with Crippen molar-refractivity contribution >= 4 is 11.7 Å². The van der Waals surface area contributed by atoms with Gasteiger partial charge in [0.15, 0.2) is 11.6 Å². The van der Waals surface area contributed by atoms with Gasteiger partial charge in [0.05, 0.1) is 5.56 Å². The first-order chi connectivity index (χ1) is 8.63. The van der Waals surface area contributed by atoms with Crippen molar-refractivity contribution in [3.8, 4) is 0 Å². The van der Waals surface area contributed by atoms with Crippen LogP contribution in [0.2, 0.25) is 0 Å². The Hall–Kier alpha value is -1.65. The van der Waals surface area contributed by atoms with Gasteiger partial charge in [-0.3, -0.25) is 4.79 Å². The van der Waals surface area contributed by atoms with Gasteiger partial charge in [0.1, 0.15) is 0 Å². The highest BCUT2D eigenvalue weighted by Gasteiger charge is 2.28. The van der Waals surface area contributed by atoms with Crippen LogP contribution >= 0.6 is 0 Å². The molecule has 0 bridgehead atoms. The molecule has 1 fully saturated rings. The molecule has 1 saturated carbocycles. The van der Waals surface area contributed by atoms with Crippen LogP contribution in [0.1, 0.15) is 30.1 Å². The number of hydrogen-bond donors (Lipinski definition) is 2. The Balaban J connectivity index is 1.99. The molecule has 0 aliphatic heterocycles. The summed E-state index contributed by atoms with van der Waals surface area (Å²) in [5.74, 6) is 0.302. The lowest BCUT2D eigenvalue weighted by atomic mass is 10.1. The maximum Gasteiger partial charge on any atom is 0.254 e. The molecule has 1 aromatic rings. The zero-order chi connectivity index (χ0) is 13.1. The fourth-order valence-corrected chi connectivity index (χ4v) is 1.97. The number of rotatable bonds is 5. The molecule has 98 valence electrons. The third kappa shape index (κ3) is 2.78. The highest BCUT2D eigenvalue weighted by atomic mass is 19.1. The molecule has 2 rings (SSSR count). The highest BCUT2D eigenvalue weighted by molar-refractivity contribution is 5.95. The third-order valence-corrected chi connectivity index (χ3v) is 3.38. The minimum atomic E-state index is -0.600. The van der Waals surface area contributed by atoms with Gasteiger partial charge in [-0.05, 0) is 30.7 Å². The van der Waals surface area contributed by atoms with E-state index in [1.807, 2.05) is 0 Å². The Bertz CT molecular complexity index is 446. The van der Waals surface area contributed by atoms with Gasteiger partial charge in [-0.25, -0.2) is 9.37 Å². The van der Waals surface area contributed by atoms with Crippen molar-refractivity contribution in [2.75, 3.05) is 18.9 Å². The van der Waals surface area contributed by atoms with Crippen LogP contribution in [0.4, 0.5) is 10.2 Å². The summed E-state index contributed by atoms with van der Waals surface area (Å²) < 4.78 is 13.8. The van der Waals surface area contributed by atoms with E-state index in [-0.39, 0.29) is 17.3 Å². The second-order valence-electron chi connectivity index (χ2n) is 4.80. The number of carbonyl (C=O) groups excluding carboxylic acids is 1. The summed E-state index contributed by atoms with van der Waals surface area (Å²) in [5, 5.41) is 5.40. The van der Waals surface area contributed by atoms with E-state index in [1.54, 1.807) is 7.05 Å². The van der Waals surface area contributed by atoms with Crippen LogP contribution in [0.25, 0.3) is 0 Å². The predicted octanol–water partition coefficient (Wildman–Crippen LogP) is 2.04. The summed E-state index contributed by atoms with van der Waals surface area (Å²) in [6, 6.07) is 1.40. The molecule has 1 aliphatic carbocycles. The van der Waals surface area contributed by atoms with E-state index in [2.05, 4.69) is 22.5 Å². The number of pyridine rings is 1. The topological polar surface area (TPSA) is 54.0 Å². The number of aromatic nitrogens is 1. The minimum Gasteiger partial charge on any atom is -0.371 e. The Morgan fingerprint density at radius 2 is 2.33 bits per heavy atom. The monoisotopic (exact) mass is 251 g/mol.